The minimum absolute atomic E-state index is 0.268. The molecular weight excluding hydrogens is 287 g/mol. The van der Waals surface area contributed by atoms with Crippen LogP contribution >= 0.6 is 11.6 Å². The number of benzene rings is 2. The van der Waals surface area contributed by atoms with Crippen molar-refractivity contribution in [2.45, 2.75) is 13.1 Å². The summed E-state index contributed by atoms with van der Waals surface area (Å²) in [6, 6.07) is 13.1. The van der Waals surface area contributed by atoms with E-state index in [2.05, 4.69) is 28.1 Å². The summed E-state index contributed by atoms with van der Waals surface area (Å²) in [5.74, 6) is -0.268. The molecule has 4 heteroatoms. The monoisotopic (exact) mass is 302 g/mol. The Labute approximate surface area is 128 Å². The van der Waals surface area contributed by atoms with Gasteiger partial charge in [-0.3, -0.25) is 0 Å². The SMILES string of the molecule is CNCc1cccc2ccn(Cc3ccc(Cl)cc3F)c12. The smallest absolute Gasteiger partial charge is 0.129 e. The van der Waals surface area contributed by atoms with Gasteiger partial charge in [-0.05, 0) is 36.2 Å². The number of nitrogens with zero attached hydrogens (tertiary/aromatic N) is 1. The number of halogens is 2. The maximum atomic E-state index is 14.0. The van der Waals surface area contributed by atoms with E-state index in [1.165, 1.54) is 11.6 Å². The Morgan fingerprint density at radius 3 is 2.76 bits per heavy atom. The topological polar surface area (TPSA) is 17.0 Å². The van der Waals surface area contributed by atoms with Gasteiger partial charge >= 0.3 is 0 Å². The van der Waals surface area contributed by atoms with Crippen molar-refractivity contribution in [2.24, 2.45) is 0 Å². The van der Waals surface area contributed by atoms with Crippen LogP contribution in [0.25, 0.3) is 10.9 Å². The molecule has 0 aliphatic heterocycles. The second-order valence-electron chi connectivity index (χ2n) is 5.06. The molecule has 0 atom stereocenters. The predicted octanol–water partition coefficient (Wildman–Crippen LogP) is 4.20. The molecule has 21 heavy (non-hydrogen) atoms. The Morgan fingerprint density at radius 2 is 2.00 bits per heavy atom. The molecule has 3 rings (SSSR count). The number of aromatic nitrogens is 1. The summed E-state index contributed by atoms with van der Waals surface area (Å²) in [5.41, 5.74) is 2.98. The number of fused-ring (bicyclic) bond motifs is 1. The van der Waals surface area contributed by atoms with Crippen LogP contribution in [0.5, 0.6) is 0 Å². The van der Waals surface area contributed by atoms with Gasteiger partial charge in [-0.15, -0.1) is 0 Å². The lowest BCUT2D eigenvalue weighted by atomic mass is 10.1. The fourth-order valence-corrected chi connectivity index (χ4v) is 2.80. The number of rotatable bonds is 4. The molecule has 0 bridgehead atoms. The summed E-state index contributed by atoms with van der Waals surface area (Å²) < 4.78 is 16.1. The van der Waals surface area contributed by atoms with Crippen LogP contribution in [0.1, 0.15) is 11.1 Å². The van der Waals surface area contributed by atoms with Gasteiger partial charge in [-0.1, -0.05) is 35.9 Å². The molecule has 2 aromatic carbocycles. The Balaban J connectivity index is 2.04. The molecule has 0 radical (unpaired) electrons. The van der Waals surface area contributed by atoms with Gasteiger partial charge in [0.25, 0.3) is 0 Å². The van der Waals surface area contributed by atoms with Gasteiger partial charge in [-0.2, -0.15) is 0 Å². The fourth-order valence-electron chi connectivity index (χ4n) is 2.64. The zero-order valence-electron chi connectivity index (χ0n) is 11.7. The van der Waals surface area contributed by atoms with Crippen LogP contribution in [0.15, 0.2) is 48.7 Å². The molecule has 3 aromatic rings. The van der Waals surface area contributed by atoms with Crippen molar-refractivity contribution >= 4 is 22.5 Å². The van der Waals surface area contributed by atoms with Crippen LogP contribution in [0.3, 0.4) is 0 Å². The van der Waals surface area contributed by atoms with Crippen molar-refractivity contribution in [3.63, 3.8) is 0 Å². The molecule has 0 unspecified atom stereocenters. The van der Waals surface area contributed by atoms with Crippen molar-refractivity contribution in [3.8, 4) is 0 Å². The second kappa shape index (κ2) is 5.88. The van der Waals surface area contributed by atoms with E-state index in [0.717, 1.165) is 17.4 Å². The van der Waals surface area contributed by atoms with Crippen molar-refractivity contribution < 1.29 is 4.39 Å². The van der Waals surface area contributed by atoms with E-state index in [9.17, 15) is 4.39 Å². The number of nitrogens with one attached hydrogen (secondary N) is 1. The van der Waals surface area contributed by atoms with Gasteiger partial charge in [0.1, 0.15) is 5.82 Å². The molecule has 0 amide bonds. The van der Waals surface area contributed by atoms with Crippen LogP contribution in [0.4, 0.5) is 4.39 Å². The Bertz CT molecular complexity index is 780. The first-order chi connectivity index (χ1) is 10.2. The van der Waals surface area contributed by atoms with E-state index >= 15 is 0 Å². The van der Waals surface area contributed by atoms with E-state index in [1.807, 2.05) is 19.3 Å². The summed E-state index contributed by atoms with van der Waals surface area (Å²) in [6.07, 6.45) is 2.00. The quantitative estimate of drug-likeness (QED) is 0.764. The van der Waals surface area contributed by atoms with Crippen LogP contribution in [0, 0.1) is 5.82 Å². The average molecular weight is 303 g/mol. The zero-order chi connectivity index (χ0) is 14.8. The average Bonchev–Trinajstić information content (AvgIpc) is 2.87. The molecule has 2 nitrogen and oxygen atoms in total. The number of para-hydroxylation sites is 1. The van der Waals surface area contributed by atoms with Gasteiger partial charge < -0.3 is 9.88 Å². The van der Waals surface area contributed by atoms with Crippen molar-refractivity contribution in [1.82, 2.24) is 9.88 Å². The maximum absolute atomic E-state index is 14.0. The normalized spacial score (nSPS) is 11.2. The van der Waals surface area contributed by atoms with Crippen LogP contribution in [0.2, 0.25) is 5.02 Å². The summed E-state index contributed by atoms with van der Waals surface area (Å²) in [6.45, 7) is 1.28. The highest BCUT2D eigenvalue weighted by Gasteiger charge is 2.09. The molecule has 0 saturated carbocycles. The molecule has 108 valence electrons. The molecule has 1 N–H and O–H groups in total. The Hall–Kier alpha value is -1.84. The van der Waals surface area contributed by atoms with E-state index in [1.54, 1.807) is 12.1 Å². The summed E-state index contributed by atoms with van der Waals surface area (Å²) in [7, 11) is 1.92. The first kappa shape index (κ1) is 14.1. The minimum atomic E-state index is -0.268. The standard InChI is InChI=1S/C17H16ClFN2/c1-20-10-13-4-2-3-12-7-8-21(17(12)13)11-14-5-6-15(18)9-16(14)19/h2-9,20H,10-11H2,1H3. The van der Waals surface area contributed by atoms with Gasteiger partial charge in [-0.25, -0.2) is 4.39 Å². The van der Waals surface area contributed by atoms with Crippen LogP contribution in [-0.2, 0) is 13.1 Å². The van der Waals surface area contributed by atoms with Gasteiger partial charge in [0.05, 0.1) is 12.1 Å². The number of hydrogen-bond donors (Lipinski definition) is 1. The third kappa shape index (κ3) is 2.80. The zero-order valence-corrected chi connectivity index (χ0v) is 12.5. The van der Waals surface area contributed by atoms with Crippen LogP contribution in [-0.4, -0.2) is 11.6 Å². The van der Waals surface area contributed by atoms with E-state index in [-0.39, 0.29) is 5.82 Å². The highest BCUT2D eigenvalue weighted by atomic mass is 35.5. The van der Waals surface area contributed by atoms with Gasteiger partial charge in [0, 0.05) is 23.3 Å². The third-order valence-electron chi connectivity index (χ3n) is 3.60. The lowest BCUT2D eigenvalue weighted by molar-refractivity contribution is 0.602. The second-order valence-corrected chi connectivity index (χ2v) is 5.50. The molecule has 0 saturated heterocycles. The highest BCUT2D eigenvalue weighted by Crippen LogP contribution is 2.23. The van der Waals surface area contributed by atoms with Gasteiger partial charge in [0.15, 0.2) is 0 Å². The summed E-state index contributed by atoms with van der Waals surface area (Å²) in [4.78, 5) is 0. The minimum Gasteiger partial charge on any atom is -0.343 e. The lowest BCUT2D eigenvalue weighted by Gasteiger charge is -2.11. The molecule has 1 heterocycles. The molecule has 0 fully saturated rings. The van der Waals surface area contributed by atoms with Crippen LogP contribution < -0.4 is 5.32 Å². The largest absolute Gasteiger partial charge is 0.343 e. The van der Waals surface area contributed by atoms with E-state index < -0.39 is 0 Å². The molecule has 0 spiro atoms. The van der Waals surface area contributed by atoms with E-state index in [0.29, 0.717) is 17.1 Å². The maximum Gasteiger partial charge on any atom is 0.129 e. The van der Waals surface area contributed by atoms with E-state index in [4.69, 9.17) is 11.6 Å². The molecule has 0 aliphatic rings. The van der Waals surface area contributed by atoms with Crippen molar-refractivity contribution in [2.75, 3.05) is 7.05 Å². The molecular formula is C17H16ClFN2. The Morgan fingerprint density at radius 1 is 1.14 bits per heavy atom. The van der Waals surface area contributed by atoms with Crippen molar-refractivity contribution in [1.29, 1.82) is 0 Å². The fraction of sp³-hybridized carbons (Fsp3) is 0.176. The Kier molecular flexibility index (Phi) is 3.95. The molecule has 0 aliphatic carbocycles. The first-order valence-corrected chi connectivity index (χ1v) is 7.22. The number of hydrogen-bond acceptors (Lipinski definition) is 1. The van der Waals surface area contributed by atoms with Gasteiger partial charge in [0.2, 0.25) is 0 Å². The lowest BCUT2D eigenvalue weighted by Crippen LogP contribution is -2.08. The molecule has 1 aromatic heterocycles. The summed E-state index contributed by atoms with van der Waals surface area (Å²) in [5, 5.41) is 4.76. The van der Waals surface area contributed by atoms with Crippen molar-refractivity contribution in [3.05, 3.63) is 70.6 Å². The summed E-state index contributed by atoms with van der Waals surface area (Å²) >= 11 is 5.81. The first-order valence-electron chi connectivity index (χ1n) is 6.84. The predicted molar refractivity (Wildman–Crippen MR) is 85.2 cm³/mol. The third-order valence-corrected chi connectivity index (χ3v) is 3.83. The highest BCUT2D eigenvalue weighted by molar-refractivity contribution is 6.30.